The number of aromatic carboxylic acids is 1. The second kappa shape index (κ2) is 2.57. The summed E-state index contributed by atoms with van der Waals surface area (Å²) < 4.78 is 0. The van der Waals surface area contributed by atoms with Gasteiger partial charge in [0.1, 0.15) is 10.2 Å². The van der Waals surface area contributed by atoms with Crippen molar-refractivity contribution in [1.82, 2.24) is 9.97 Å². The zero-order valence-electron chi connectivity index (χ0n) is 4.90. The molecule has 5 heteroatoms. The van der Waals surface area contributed by atoms with Gasteiger partial charge < -0.3 is 5.11 Å². The highest BCUT2D eigenvalue weighted by Gasteiger charge is 2.06. The summed E-state index contributed by atoms with van der Waals surface area (Å²) in [6.45, 7) is 0. The molecule has 0 saturated heterocycles. The smallest absolute Gasteiger partial charge is 0.355 e. The van der Waals surface area contributed by atoms with E-state index < -0.39 is 5.97 Å². The fraction of sp³-hybridized carbons (Fsp3) is 0. The van der Waals surface area contributed by atoms with Crippen LogP contribution in [0.2, 0.25) is 0 Å². The highest BCUT2D eigenvalue weighted by atomic mass is 28.1. The minimum Gasteiger partial charge on any atom is -0.476 e. The standard InChI is InChI=1S/C5H3N2O2Si/c8-5(9)3-4(10)7-2-1-6-3/h1-2H,(H,8,9). The molecule has 1 rings (SSSR count). The van der Waals surface area contributed by atoms with Crippen LogP contribution in [0.25, 0.3) is 0 Å². The Labute approximate surface area is 60.4 Å². The average Bonchev–Trinajstić information content (AvgIpc) is 1.88. The quantitative estimate of drug-likeness (QED) is 0.521. The molecule has 0 unspecified atom stereocenters. The van der Waals surface area contributed by atoms with Crippen molar-refractivity contribution in [3.05, 3.63) is 18.1 Å². The van der Waals surface area contributed by atoms with E-state index in [1.807, 2.05) is 0 Å². The van der Waals surface area contributed by atoms with E-state index in [-0.39, 0.29) is 11.0 Å². The maximum atomic E-state index is 10.3. The number of hydrogen-bond donors (Lipinski definition) is 1. The van der Waals surface area contributed by atoms with Gasteiger partial charge in [0, 0.05) is 17.7 Å². The Morgan fingerprint density at radius 1 is 1.50 bits per heavy atom. The van der Waals surface area contributed by atoms with Gasteiger partial charge in [-0.25, -0.2) is 9.78 Å². The second-order valence-corrected chi connectivity index (χ2v) is 2.03. The van der Waals surface area contributed by atoms with Crippen LogP contribution in [-0.2, 0) is 0 Å². The Kier molecular flexibility index (Phi) is 1.77. The first-order valence-electron chi connectivity index (χ1n) is 2.47. The van der Waals surface area contributed by atoms with E-state index in [1.165, 1.54) is 12.4 Å². The number of carbonyl (C=O) groups is 1. The van der Waals surface area contributed by atoms with Crippen molar-refractivity contribution in [2.75, 3.05) is 0 Å². The van der Waals surface area contributed by atoms with Crippen molar-refractivity contribution in [1.29, 1.82) is 0 Å². The maximum Gasteiger partial charge on any atom is 0.355 e. The lowest BCUT2D eigenvalue weighted by atomic mass is 10.5. The van der Waals surface area contributed by atoms with Crippen molar-refractivity contribution in [3.8, 4) is 0 Å². The number of aromatic nitrogens is 2. The van der Waals surface area contributed by atoms with Crippen LogP contribution in [0.4, 0.5) is 0 Å². The monoisotopic (exact) mass is 151 g/mol. The van der Waals surface area contributed by atoms with Crippen molar-refractivity contribution >= 4 is 21.5 Å². The Bertz CT molecular complexity index is 264. The Morgan fingerprint density at radius 2 is 2.10 bits per heavy atom. The summed E-state index contributed by atoms with van der Waals surface area (Å²) in [5.41, 5.74) is -0.0702. The van der Waals surface area contributed by atoms with Gasteiger partial charge in [-0.3, -0.25) is 4.98 Å². The van der Waals surface area contributed by atoms with Gasteiger partial charge in [-0.1, -0.05) is 0 Å². The van der Waals surface area contributed by atoms with Crippen LogP contribution in [-0.4, -0.2) is 31.3 Å². The highest BCUT2D eigenvalue weighted by Crippen LogP contribution is 1.83. The van der Waals surface area contributed by atoms with Crippen molar-refractivity contribution in [3.63, 3.8) is 0 Å². The van der Waals surface area contributed by atoms with Crippen LogP contribution in [0.3, 0.4) is 0 Å². The molecule has 1 N–H and O–H groups in total. The van der Waals surface area contributed by atoms with E-state index in [9.17, 15) is 4.79 Å². The molecule has 0 aliphatic rings. The highest BCUT2D eigenvalue weighted by molar-refractivity contribution is 6.33. The number of hydrogen-bond acceptors (Lipinski definition) is 3. The predicted octanol–water partition coefficient (Wildman–Crippen LogP) is -1.03. The second-order valence-electron chi connectivity index (χ2n) is 1.56. The van der Waals surface area contributed by atoms with Gasteiger partial charge in [0.05, 0.1) is 0 Å². The van der Waals surface area contributed by atoms with Crippen LogP contribution in [0.1, 0.15) is 10.5 Å². The van der Waals surface area contributed by atoms with E-state index >= 15 is 0 Å². The number of carboxylic acid groups (broad SMARTS) is 1. The SMILES string of the molecule is O=C(O)c1nccnc1[Si]. The molecule has 0 atom stereocenters. The lowest BCUT2D eigenvalue weighted by Gasteiger charge is -1.94. The molecule has 0 saturated carbocycles. The molecule has 3 radical (unpaired) electrons. The van der Waals surface area contributed by atoms with E-state index in [0.717, 1.165) is 0 Å². The van der Waals surface area contributed by atoms with Gasteiger partial charge in [0.2, 0.25) is 0 Å². The zero-order chi connectivity index (χ0) is 7.56. The number of carboxylic acids is 1. The summed E-state index contributed by atoms with van der Waals surface area (Å²) in [5, 5.41) is 8.68. The summed E-state index contributed by atoms with van der Waals surface area (Å²) in [6.07, 6.45) is 2.74. The third kappa shape index (κ3) is 1.19. The minimum absolute atomic E-state index is 0.0702. The van der Waals surface area contributed by atoms with Gasteiger partial charge in [0.25, 0.3) is 0 Å². The zero-order valence-corrected chi connectivity index (χ0v) is 5.90. The lowest BCUT2D eigenvalue weighted by molar-refractivity contribution is 0.0692. The molecule has 0 bridgehead atoms. The van der Waals surface area contributed by atoms with Crippen molar-refractivity contribution < 1.29 is 9.90 Å². The van der Waals surface area contributed by atoms with Gasteiger partial charge in [-0.2, -0.15) is 0 Å². The first-order chi connectivity index (χ1) is 4.72. The van der Waals surface area contributed by atoms with E-state index in [4.69, 9.17) is 5.11 Å². The van der Waals surface area contributed by atoms with E-state index in [1.54, 1.807) is 0 Å². The summed E-state index contributed by atoms with van der Waals surface area (Å²) in [4.78, 5) is 17.5. The molecule has 1 heterocycles. The molecule has 0 fully saturated rings. The Balaban J connectivity index is 3.15. The van der Waals surface area contributed by atoms with Gasteiger partial charge >= 0.3 is 5.97 Å². The molecule has 49 valence electrons. The van der Waals surface area contributed by atoms with Crippen LogP contribution >= 0.6 is 0 Å². The van der Waals surface area contributed by atoms with Crippen LogP contribution in [0.5, 0.6) is 0 Å². The first-order valence-corrected chi connectivity index (χ1v) is 2.97. The van der Waals surface area contributed by atoms with E-state index in [0.29, 0.717) is 0 Å². The topological polar surface area (TPSA) is 63.1 Å². The molecule has 4 nitrogen and oxygen atoms in total. The molecule has 1 aromatic heterocycles. The van der Waals surface area contributed by atoms with Crippen molar-refractivity contribution in [2.24, 2.45) is 0 Å². The van der Waals surface area contributed by atoms with Crippen LogP contribution < -0.4 is 5.32 Å². The molecule has 1 aromatic rings. The minimum atomic E-state index is -1.09. The molecule has 0 aliphatic carbocycles. The van der Waals surface area contributed by atoms with Crippen LogP contribution in [0, 0.1) is 0 Å². The molecule has 0 aromatic carbocycles. The summed E-state index contributed by atoms with van der Waals surface area (Å²) in [6, 6.07) is 0. The van der Waals surface area contributed by atoms with E-state index in [2.05, 4.69) is 20.2 Å². The number of nitrogens with zero attached hydrogens (tertiary/aromatic N) is 2. The Morgan fingerprint density at radius 3 is 2.50 bits per heavy atom. The van der Waals surface area contributed by atoms with Gasteiger partial charge in [-0.15, -0.1) is 0 Å². The third-order valence-corrected chi connectivity index (χ3v) is 1.27. The average molecular weight is 151 g/mol. The molecule has 10 heavy (non-hydrogen) atoms. The largest absolute Gasteiger partial charge is 0.476 e. The van der Waals surface area contributed by atoms with Gasteiger partial charge in [0.15, 0.2) is 5.69 Å². The molecular weight excluding hydrogens is 148 g/mol. The molecule has 0 aliphatic heterocycles. The third-order valence-electron chi connectivity index (χ3n) is 0.901. The molecular formula is C5H3N2O2Si. The first kappa shape index (κ1) is 6.88. The Hall–Kier alpha value is -1.23. The fourth-order valence-electron chi connectivity index (χ4n) is 0.495. The summed E-state index contributed by atoms with van der Waals surface area (Å²) >= 11 is 0. The normalized spacial score (nSPS) is 9.30. The van der Waals surface area contributed by atoms with Crippen molar-refractivity contribution in [2.45, 2.75) is 0 Å². The van der Waals surface area contributed by atoms with Gasteiger partial charge in [-0.05, 0) is 0 Å². The fourth-order valence-corrected chi connectivity index (χ4v) is 0.741. The number of rotatable bonds is 1. The summed E-state index contributed by atoms with van der Waals surface area (Å²) in [7, 11) is 2.99. The molecule has 0 spiro atoms. The summed E-state index contributed by atoms with van der Waals surface area (Å²) in [5.74, 6) is -1.09. The predicted molar refractivity (Wildman–Crippen MR) is 34.4 cm³/mol. The maximum absolute atomic E-state index is 10.3. The molecule has 0 amide bonds. The lowest BCUT2D eigenvalue weighted by Crippen LogP contribution is -2.20. The van der Waals surface area contributed by atoms with Crippen LogP contribution in [0.15, 0.2) is 12.4 Å².